The third-order valence-electron chi connectivity index (χ3n) is 3.37. The van der Waals surface area contributed by atoms with Crippen molar-refractivity contribution >= 4 is 40.7 Å². The summed E-state index contributed by atoms with van der Waals surface area (Å²) in [4.78, 5) is 37.6. The van der Waals surface area contributed by atoms with Gasteiger partial charge in [-0.05, 0) is 51.8 Å². The maximum atomic E-state index is 12.7. The number of esters is 1. The Labute approximate surface area is 145 Å². The molecule has 1 aliphatic rings. The topological polar surface area (TPSA) is 60.4 Å². The standard InChI is InChI=1S/C17H18Cl2O4/c1-17(2,3)23-16(22)13(14(20)9-4-5-9)15(21)11-7-6-10(18)8-12(11)19/h6-9,13H,4-5H2,1-3H3. The van der Waals surface area contributed by atoms with Crippen LogP contribution in [-0.4, -0.2) is 23.1 Å². The van der Waals surface area contributed by atoms with Crippen LogP contribution in [-0.2, 0) is 14.3 Å². The lowest BCUT2D eigenvalue weighted by Gasteiger charge is -2.23. The Morgan fingerprint density at radius 2 is 1.78 bits per heavy atom. The highest BCUT2D eigenvalue weighted by Crippen LogP contribution is 2.35. The van der Waals surface area contributed by atoms with E-state index in [0.29, 0.717) is 17.9 Å². The lowest BCUT2D eigenvalue weighted by atomic mass is 9.91. The van der Waals surface area contributed by atoms with Gasteiger partial charge < -0.3 is 4.74 Å². The van der Waals surface area contributed by atoms with Crippen LogP contribution in [0.1, 0.15) is 44.0 Å². The van der Waals surface area contributed by atoms with Gasteiger partial charge in [-0.15, -0.1) is 0 Å². The Balaban J connectivity index is 2.34. The highest BCUT2D eigenvalue weighted by Gasteiger charge is 2.44. The van der Waals surface area contributed by atoms with Crippen molar-refractivity contribution < 1.29 is 19.1 Å². The van der Waals surface area contributed by atoms with Crippen molar-refractivity contribution in [2.75, 3.05) is 0 Å². The fourth-order valence-electron chi connectivity index (χ4n) is 2.16. The van der Waals surface area contributed by atoms with Crippen molar-refractivity contribution in [3.05, 3.63) is 33.8 Å². The molecular weight excluding hydrogens is 339 g/mol. The highest BCUT2D eigenvalue weighted by molar-refractivity contribution is 6.38. The van der Waals surface area contributed by atoms with Crippen molar-refractivity contribution in [3.63, 3.8) is 0 Å². The van der Waals surface area contributed by atoms with Gasteiger partial charge >= 0.3 is 5.97 Å². The van der Waals surface area contributed by atoms with Gasteiger partial charge in [-0.1, -0.05) is 23.2 Å². The van der Waals surface area contributed by atoms with Gasteiger partial charge in [0.25, 0.3) is 0 Å². The number of benzene rings is 1. The first-order valence-electron chi connectivity index (χ1n) is 7.36. The summed E-state index contributed by atoms with van der Waals surface area (Å²) in [5.74, 6) is -3.58. The van der Waals surface area contributed by atoms with Crippen LogP contribution in [0.25, 0.3) is 0 Å². The van der Waals surface area contributed by atoms with Gasteiger partial charge in [0, 0.05) is 16.5 Å². The molecule has 124 valence electrons. The quantitative estimate of drug-likeness (QED) is 0.452. The normalized spacial score (nSPS) is 15.9. The number of rotatable bonds is 5. The molecule has 0 radical (unpaired) electrons. The fourth-order valence-corrected chi connectivity index (χ4v) is 2.66. The molecule has 2 rings (SSSR count). The minimum Gasteiger partial charge on any atom is -0.459 e. The summed E-state index contributed by atoms with van der Waals surface area (Å²) in [5.41, 5.74) is -0.690. The fraction of sp³-hybridized carbons (Fsp3) is 0.471. The zero-order chi connectivity index (χ0) is 17.4. The number of carbonyl (C=O) groups excluding carboxylic acids is 3. The SMILES string of the molecule is CC(C)(C)OC(=O)C(C(=O)c1ccc(Cl)cc1Cl)C(=O)C1CC1. The zero-order valence-electron chi connectivity index (χ0n) is 13.2. The molecule has 1 fully saturated rings. The molecule has 1 aliphatic carbocycles. The molecule has 1 aromatic rings. The first-order chi connectivity index (χ1) is 10.6. The van der Waals surface area contributed by atoms with Gasteiger partial charge in [-0.2, -0.15) is 0 Å². The maximum absolute atomic E-state index is 12.7. The predicted octanol–water partition coefficient (Wildman–Crippen LogP) is 4.11. The van der Waals surface area contributed by atoms with E-state index in [2.05, 4.69) is 0 Å². The summed E-state index contributed by atoms with van der Waals surface area (Å²) in [6.45, 7) is 5.05. The van der Waals surface area contributed by atoms with E-state index in [0.717, 1.165) is 0 Å². The van der Waals surface area contributed by atoms with Crippen LogP contribution in [0.5, 0.6) is 0 Å². The van der Waals surface area contributed by atoms with E-state index in [1.165, 1.54) is 18.2 Å². The first-order valence-corrected chi connectivity index (χ1v) is 8.11. The molecular formula is C17H18Cl2O4. The summed E-state index contributed by atoms with van der Waals surface area (Å²) >= 11 is 11.9. The smallest absolute Gasteiger partial charge is 0.325 e. The molecule has 4 nitrogen and oxygen atoms in total. The maximum Gasteiger partial charge on any atom is 0.325 e. The molecule has 1 saturated carbocycles. The first kappa shape index (κ1) is 18.0. The van der Waals surface area contributed by atoms with E-state index in [4.69, 9.17) is 27.9 Å². The number of ether oxygens (including phenoxy) is 1. The lowest BCUT2D eigenvalue weighted by molar-refractivity contribution is -0.160. The second-order valence-corrected chi connectivity index (χ2v) is 7.48. The summed E-state index contributed by atoms with van der Waals surface area (Å²) in [6.07, 6.45) is 1.39. The average Bonchev–Trinajstić information content (AvgIpc) is 3.20. The molecule has 0 amide bonds. The van der Waals surface area contributed by atoms with Crippen molar-refractivity contribution in [1.82, 2.24) is 0 Å². The van der Waals surface area contributed by atoms with Crippen LogP contribution in [0, 0.1) is 11.8 Å². The third kappa shape index (κ3) is 4.55. The molecule has 1 aromatic carbocycles. The molecule has 0 spiro atoms. The number of ketones is 2. The van der Waals surface area contributed by atoms with Gasteiger partial charge in [0.2, 0.25) is 0 Å². The van der Waals surface area contributed by atoms with Gasteiger partial charge in [-0.3, -0.25) is 14.4 Å². The van der Waals surface area contributed by atoms with Crippen molar-refractivity contribution in [3.8, 4) is 0 Å². The number of carbonyl (C=O) groups is 3. The van der Waals surface area contributed by atoms with E-state index in [1.54, 1.807) is 20.8 Å². The molecule has 6 heteroatoms. The van der Waals surface area contributed by atoms with Gasteiger partial charge in [0.15, 0.2) is 17.5 Å². The van der Waals surface area contributed by atoms with Gasteiger partial charge in [0.1, 0.15) is 5.60 Å². The Morgan fingerprint density at radius 1 is 1.17 bits per heavy atom. The number of hydrogen-bond donors (Lipinski definition) is 0. The van der Waals surface area contributed by atoms with E-state index < -0.39 is 29.1 Å². The molecule has 0 bridgehead atoms. The Morgan fingerprint density at radius 3 is 2.26 bits per heavy atom. The number of Topliss-reactive ketones (excluding diaryl/α,β-unsaturated/α-hetero) is 2. The van der Waals surface area contributed by atoms with E-state index >= 15 is 0 Å². The molecule has 23 heavy (non-hydrogen) atoms. The van der Waals surface area contributed by atoms with Gasteiger partial charge in [0.05, 0.1) is 5.02 Å². The van der Waals surface area contributed by atoms with Crippen LogP contribution >= 0.6 is 23.2 Å². The van der Waals surface area contributed by atoms with E-state index in [9.17, 15) is 14.4 Å². The molecule has 0 heterocycles. The van der Waals surface area contributed by atoms with Crippen molar-refractivity contribution in [1.29, 1.82) is 0 Å². The Kier molecular flexibility index (Phi) is 5.17. The van der Waals surface area contributed by atoms with Crippen molar-refractivity contribution in [2.45, 2.75) is 39.2 Å². The largest absolute Gasteiger partial charge is 0.459 e. The van der Waals surface area contributed by atoms with Crippen LogP contribution < -0.4 is 0 Å². The zero-order valence-corrected chi connectivity index (χ0v) is 14.7. The Bertz CT molecular complexity index is 657. The Hall–Kier alpha value is -1.39. The van der Waals surface area contributed by atoms with Gasteiger partial charge in [-0.25, -0.2) is 0 Å². The molecule has 0 N–H and O–H groups in total. The van der Waals surface area contributed by atoms with Crippen molar-refractivity contribution in [2.24, 2.45) is 11.8 Å². The summed E-state index contributed by atoms with van der Waals surface area (Å²) < 4.78 is 5.26. The second kappa shape index (κ2) is 6.62. The van der Waals surface area contributed by atoms with Crippen LogP contribution in [0.15, 0.2) is 18.2 Å². The lowest BCUT2D eigenvalue weighted by Crippen LogP contribution is -2.38. The monoisotopic (exact) mass is 356 g/mol. The van der Waals surface area contributed by atoms with Crippen LogP contribution in [0.3, 0.4) is 0 Å². The van der Waals surface area contributed by atoms with Crippen LogP contribution in [0.4, 0.5) is 0 Å². The minimum absolute atomic E-state index is 0.0981. The van der Waals surface area contributed by atoms with Crippen LogP contribution in [0.2, 0.25) is 10.0 Å². The molecule has 1 atom stereocenters. The minimum atomic E-state index is -1.47. The highest BCUT2D eigenvalue weighted by atomic mass is 35.5. The third-order valence-corrected chi connectivity index (χ3v) is 3.91. The average molecular weight is 357 g/mol. The predicted molar refractivity (Wildman–Crippen MR) is 87.9 cm³/mol. The molecule has 1 unspecified atom stereocenters. The summed E-state index contributed by atoms with van der Waals surface area (Å²) in [5, 5.41) is 0.480. The number of halogens is 2. The molecule has 0 aromatic heterocycles. The van der Waals surface area contributed by atoms with E-state index in [-0.39, 0.29) is 16.5 Å². The number of hydrogen-bond acceptors (Lipinski definition) is 4. The second-order valence-electron chi connectivity index (χ2n) is 6.63. The summed E-state index contributed by atoms with van der Waals surface area (Å²) in [6, 6.07) is 4.32. The molecule has 0 aliphatic heterocycles. The molecule has 0 saturated heterocycles. The summed E-state index contributed by atoms with van der Waals surface area (Å²) in [7, 11) is 0. The van der Waals surface area contributed by atoms with E-state index in [1.807, 2.05) is 0 Å².